The molecule has 116 valence electrons. The van der Waals surface area contributed by atoms with Gasteiger partial charge in [-0.2, -0.15) is 11.8 Å². The van der Waals surface area contributed by atoms with E-state index in [0.29, 0.717) is 19.5 Å². The van der Waals surface area contributed by atoms with Crippen LogP contribution in [0.15, 0.2) is 0 Å². The lowest BCUT2D eigenvalue weighted by molar-refractivity contribution is -0.147. The van der Waals surface area contributed by atoms with Gasteiger partial charge >= 0.3 is 12.0 Å². The molecule has 0 saturated carbocycles. The van der Waals surface area contributed by atoms with Gasteiger partial charge in [0.25, 0.3) is 0 Å². The zero-order valence-electron chi connectivity index (χ0n) is 12.5. The lowest BCUT2D eigenvalue weighted by Crippen LogP contribution is -2.54. The van der Waals surface area contributed by atoms with Crippen LogP contribution in [0.4, 0.5) is 4.79 Å². The minimum atomic E-state index is -1.04. The fourth-order valence-corrected chi connectivity index (χ4v) is 3.02. The van der Waals surface area contributed by atoms with Crippen LogP contribution < -0.4 is 5.32 Å². The number of carbonyl (C=O) groups is 2. The molecule has 1 saturated heterocycles. The van der Waals surface area contributed by atoms with Gasteiger partial charge in [-0.05, 0) is 44.6 Å². The predicted molar refractivity (Wildman–Crippen MR) is 82.2 cm³/mol. The number of nitrogens with one attached hydrogen (secondary N) is 1. The van der Waals surface area contributed by atoms with Crippen molar-refractivity contribution < 1.29 is 14.7 Å². The summed E-state index contributed by atoms with van der Waals surface area (Å²) in [5.41, 5.74) is -1.04. The standard InChI is InChI=1S/C14H26N2O3S/c1-14(12(17)18)8-7-10-16(14)13(19)15-9-5-3-4-6-11-20-2/h3-11H2,1-2H3,(H,15,19)(H,17,18). The zero-order valence-corrected chi connectivity index (χ0v) is 13.3. The molecule has 20 heavy (non-hydrogen) atoms. The summed E-state index contributed by atoms with van der Waals surface area (Å²) in [5.74, 6) is 0.277. The Morgan fingerprint density at radius 1 is 1.30 bits per heavy atom. The molecule has 1 atom stereocenters. The number of likely N-dealkylation sites (tertiary alicyclic amines) is 1. The molecule has 1 aliphatic rings. The third-order valence-corrected chi connectivity index (χ3v) is 4.60. The molecule has 1 fully saturated rings. The van der Waals surface area contributed by atoms with E-state index in [0.717, 1.165) is 19.3 Å². The van der Waals surface area contributed by atoms with E-state index in [1.54, 1.807) is 6.92 Å². The van der Waals surface area contributed by atoms with Crippen molar-refractivity contribution in [1.82, 2.24) is 10.2 Å². The maximum absolute atomic E-state index is 12.0. The van der Waals surface area contributed by atoms with Crippen LogP contribution in [-0.4, -0.2) is 52.6 Å². The fraction of sp³-hybridized carbons (Fsp3) is 0.857. The summed E-state index contributed by atoms with van der Waals surface area (Å²) in [5, 5.41) is 12.1. The maximum atomic E-state index is 12.0. The second kappa shape index (κ2) is 8.39. The van der Waals surface area contributed by atoms with Gasteiger partial charge in [0, 0.05) is 13.1 Å². The molecule has 2 N–H and O–H groups in total. The van der Waals surface area contributed by atoms with Gasteiger partial charge in [0.15, 0.2) is 0 Å². The molecule has 5 nitrogen and oxygen atoms in total. The summed E-state index contributed by atoms with van der Waals surface area (Å²) in [4.78, 5) is 24.8. The quantitative estimate of drug-likeness (QED) is 0.676. The molecule has 0 spiro atoms. The number of carboxylic acid groups (broad SMARTS) is 1. The SMILES string of the molecule is CSCCCCCCNC(=O)N1CCCC1(C)C(=O)O. The van der Waals surface area contributed by atoms with E-state index in [4.69, 9.17) is 0 Å². The molecule has 1 aliphatic heterocycles. The molecule has 0 aromatic rings. The second-order valence-corrected chi connectivity index (χ2v) is 6.46. The highest BCUT2D eigenvalue weighted by Crippen LogP contribution is 2.29. The molecule has 1 unspecified atom stereocenters. The smallest absolute Gasteiger partial charge is 0.329 e. The van der Waals surface area contributed by atoms with E-state index < -0.39 is 11.5 Å². The normalized spacial score (nSPS) is 22.0. The van der Waals surface area contributed by atoms with E-state index in [1.165, 1.54) is 23.5 Å². The van der Waals surface area contributed by atoms with Crippen LogP contribution in [0.3, 0.4) is 0 Å². The number of rotatable bonds is 8. The third kappa shape index (κ3) is 4.58. The number of hydrogen-bond donors (Lipinski definition) is 2. The number of unbranched alkanes of at least 4 members (excludes halogenated alkanes) is 3. The van der Waals surface area contributed by atoms with Crippen molar-refractivity contribution in [2.24, 2.45) is 0 Å². The molecule has 0 bridgehead atoms. The summed E-state index contributed by atoms with van der Waals surface area (Å²) in [7, 11) is 0. The Hall–Kier alpha value is -0.910. The number of aliphatic carboxylic acids is 1. The van der Waals surface area contributed by atoms with Gasteiger partial charge in [0.05, 0.1) is 0 Å². The highest BCUT2D eigenvalue weighted by molar-refractivity contribution is 7.98. The number of hydrogen-bond acceptors (Lipinski definition) is 3. The number of thioether (sulfide) groups is 1. The highest BCUT2D eigenvalue weighted by atomic mass is 32.2. The van der Waals surface area contributed by atoms with Crippen LogP contribution >= 0.6 is 11.8 Å². The Labute approximate surface area is 125 Å². The molecule has 1 heterocycles. The Balaban J connectivity index is 2.24. The summed E-state index contributed by atoms with van der Waals surface area (Å²) in [6.45, 7) is 2.79. The monoisotopic (exact) mass is 302 g/mol. The van der Waals surface area contributed by atoms with Crippen molar-refractivity contribution in [2.45, 2.75) is 51.0 Å². The van der Waals surface area contributed by atoms with Gasteiger partial charge < -0.3 is 15.3 Å². The molecule has 0 radical (unpaired) electrons. The highest BCUT2D eigenvalue weighted by Gasteiger charge is 2.45. The van der Waals surface area contributed by atoms with Crippen LogP contribution in [0.5, 0.6) is 0 Å². The molecule has 2 amide bonds. The van der Waals surface area contributed by atoms with Crippen molar-refractivity contribution in [3.63, 3.8) is 0 Å². The summed E-state index contributed by atoms with van der Waals surface area (Å²) in [6, 6.07) is -0.239. The lowest BCUT2D eigenvalue weighted by Gasteiger charge is -2.31. The second-order valence-electron chi connectivity index (χ2n) is 5.47. The van der Waals surface area contributed by atoms with Gasteiger partial charge in [-0.15, -0.1) is 0 Å². The largest absolute Gasteiger partial charge is 0.480 e. The van der Waals surface area contributed by atoms with Crippen molar-refractivity contribution in [3.8, 4) is 0 Å². The molecule has 0 aromatic carbocycles. The third-order valence-electron chi connectivity index (χ3n) is 3.90. The first-order valence-electron chi connectivity index (χ1n) is 7.30. The first-order chi connectivity index (χ1) is 9.52. The summed E-state index contributed by atoms with van der Waals surface area (Å²) in [6.07, 6.45) is 7.87. The number of amides is 2. The minimum Gasteiger partial charge on any atom is -0.480 e. The Morgan fingerprint density at radius 2 is 2.00 bits per heavy atom. The fourth-order valence-electron chi connectivity index (χ4n) is 2.53. The molecule has 0 aliphatic carbocycles. The van der Waals surface area contributed by atoms with Crippen molar-refractivity contribution >= 4 is 23.8 Å². The van der Waals surface area contributed by atoms with Gasteiger partial charge in [-0.3, -0.25) is 0 Å². The minimum absolute atomic E-state index is 0.239. The number of carboxylic acids is 1. The van der Waals surface area contributed by atoms with Crippen LogP contribution in [0.25, 0.3) is 0 Å². The number of carbonyl (C=O) groups excluding carboxylic acids is 1. The number of nitrogens with zero attached hydrogens (tertiary/aromatic N) is 1. The van der Waals surface area contributed by atoms with E-state index >= 15 is 0 Å². The first kappa shape index (κ1) is 17.1. The molecule has 1 rings (SSSR count). The van der Waals surface area contributed by atoms with Gasteiger partial charge in [-0.1, -0.05) is 12.8 Å². The van der Waals surface area contributed by atoms with Gasteiger partial charge in [0.2, 0.25) is 0 Å². The first-order valence-corrected chi connectivity index (χ1v) is 8.69. The average molecular weight is 302 g/mol. The summed E-state index contributed by atoms with van der Waals surface area (Å²) < 4.78 is 0. The van der Waals surface area contributed by atoms with Gasteiger partial charge in [-0.25, -0.2) is 9.59 Å². The van der Waals surface area contributed by atoms with E-state index in [2.05, 4.69) is 11.6 Å². The lowest BCUT2D eigenvalue weighted by atomic mass is 10.00. The summed E-state index contributed by atoms with van der Waals surface area (Å²) >= 11 is 1.86. The van der Waals surface area contributed by atoms with Crippen LogP contribution in [0, 0.1) is 0 Å². The van der Waals surface area contributed by atoms with Crippen LogP contribution in [0.1, 0.15) is 45.4 Å². The Morgan fingerprint density at radius 3 is 2.65 bits per heavy atom. The maximum Gasteiger partial charge on any atom is 0.329 e. The van der Waals surface area contributed by atoms with Crippen LogP contribution in [0.2, 0.25) is 0 Å². The van der Waals surface area contributed by atoms with Crippen molar-refractivity contribution in [3.05, 3.63) is 0 Å². The molecule has 0 aromatic heterocycles. The molecular formula is C14H26N2O3S. The van der Waals surface area contributed by atoms with Gasteiger partial charge in [0.1, 0.15) is 5.54 Å². The zero-order chi connectivity index (χ0) is 15.0. The predicted octanol–water partition coefficient (Wildman–Crippen LogP) is 2.56. The van der Waals surface area contributed by atoms with Crippen molar-refractivity contribution in [2.75, 3.05) is 25.1 Å². The van der Waals surface area contributed by atoms with E-state index in [9.17, 15) is 14.7 Å². The Kier molecular flexibility index (Phi) is 7.19. The van der Waals surface area contributed by atoms with E-state index in [-0.39, 0.29) is 6.03 Å². The Bertz CT molecular complexity index is 338. The topological polar surface area (TPSA) is 69.6 Å². The average Bonchev–Trinajstić information content (AvgIpc) is 2.81. The van der Waals surface area contributed by atoms with Crippen LogP contribution in [-0.2, 0) is 4.79 Å². The molecule has 6 heteroatoms. The number of urea groups is 1. The molecular weight excluding hydrogens is 276 g/mol. The van der Waals surface area contributed by atoms with Crippen molar-refractivity contribution in [1.29, 1.82) is 0 Å². The van der Waals surface area contributed by atoms with E-state index in [1.807, 2.05) is 11.8 Å².